The molecule has 3 nitrogen and oxygen atoms in total. The number of aryl methyl sites for hydroxylation is 1. The molecule has 2 aliphatic carbocycles. The Morgan fingerprint density at radius 2 is 2.19 bits per heavy atom. The number of phenols is 1. The minimum atomic E-state index is -0.123. The second-order valence-electron chi connectivity index (χ2n) is 6.52. The minimum absolute atomic E-state index is 0.123. The molecule has 3 heteroatoms. The summed E-state index contributed by atoms with van der Waals surface area (Å²) in [5, 5.41) is 10.2. The van der Waals surface area contributed by atoms with Crippen molar-refractivity contribution in [3.63, 3.8) is 0 Å². The quantitative estimate of drug-likeness (QED) is 0.901. The third-order valence-corrected chi connectivity index (χ3v) is 5.55. The van der Waals surface area contributed by atoms with Crippen LogP contribution in [0.3, 0.4) is 0 Å². The van der Waals surface area contributed by atoms with Crippen LogP contribution in [0, 0.1) is 5.92 Å². The third-order valence-electron chi connectivity index (χ3n) is 5.55. The largest absolute Gasteiger partial charge is 0.504 e. The Hall–Kier alpha value is -1.51. The van der Waals surface area contributed by atoms with Gasteiger partial charge in [0.25, 0.3) is 0 Å². The first kappa shape index (κ1) is 14.4. The van der Waals surface area contributed by atoms with E-state index in [1.165, 1.54) is 5.56 Å². The molecular formula is C18H24O3. The molecule has 0 aromatic heterocycles. The van der Waals surface area contributed by atoms with Gasteiger partial charge in [-0.25, -0.2) is 0 Å². The van der Waals surface area contributed by atoms with Crippen LogP contribution in [0.15, 0.2) is 12.1 Å². The summed E-state index contributed by atoms with van der Waals surface area (Å²) >= 11 is 0. The zero-order valence-electron chi connectivity index (χ0n) is 12.9. The Morgan fingerprint density at radius 3 is 2.90 bits per heavy atom. The third kappa shape index (κ3) is 2.14. The van der Waals surface area contributed by atoms with Crippen LogP contribution in [0.25, 0.3) is 0 Å². The number of rotatable bonds is 2. The molecule has 2 atom stereocenters. The Morgan fingerprint density at radius 1 is 1.38 bits per heavy atom. The lowest BCUT2D eigenvalue weighted by Gasteiger charge is -2.47. The average Bonchev–Trinajstić information content (AvgIpc) is 2.48. The van der Waals surface area contributed by atoms with Crippen molar-refractivity contribution in [1.29, 1.82) is 0 Å². The van der Waals surface area contributed by atoms with Gasteiger partial charge < -0.3 is 9.84 Å². The standard InChI is InChI=1S/C18H24O3/c1-3-13-7-8-14(19)11-18(13)10-4-5-12-6-9-15(20)17(21-2)16(12)18/h6,9,13,20H,3-5,7-8,10-11H2,1-2H3/t13?,18-/m0/s1. The number of ether oxygens (including phenoxy) is 1. The summed E-state index contributed by atoms with van der Waals surface area (Å²) in [6.45, 7) is 2.21. The van der Waals surface area contributed by atoms with E-state index >= 15 is 0 Å². The molecule has 1 aromatic rings. The van der Waals surface area contributed by atoms with E-state index in [0.717, 1.165) is 37.7 Å². The fraction of sp³-hybridized carbons (Fsp3) is 0.611. The fourth-order valence-corrected chi connectivity index (χ4v) is 4.67. The Bertz CT molecular complexity index is 564. The van der Waals surface area contributed by atoms with Gasteiger partial charge in [-0.15, -0.1) is 0 Å². The van der Waals surface area contributed by atoms with Crippen LogP contribution in [-0.4, -0.2) is 18.0 Å². The first-order valence-corrected chi connectivity index (χ1v) is 8.03. The predicted molar refractivity (Wildman–Crippen MR) is 81.9 cm³/mol. The van der Waals surface area contributed by atoms with Gasteiger partial charge in [0, 0.05) is 23.8 Å². The lowest BCUT2D eigenvalue weighted by Crippen LogP contribution is -2.44. The van der Waals surface area contributed by atoms with Crippen LogP contribution >= 0.6 is 0 Å². The first-order chi connectivity index (χ1) is 10.1. The van der Waals surface area contributed by atoms with E-state index in [0.29, 0.717) is 30.3 Å². The van der Waals surface area contributed by atoms with E-state index in [-0.39, 0.29) is 11.2 Å². The van der Waals surface area contributed by atoms with Crippen molar-refractivity contribution in [3.05, 3.63) is 23.3 Å². The lowest BCUT2D eigenvalue weighted by atomic mass is 9.56. The molecule has 0 amide bonds. The van der Waals surface area contributed by atoms with Crippen LogP contribution in [0.1, 0.15) is 56.6 Å². The molecule has 0 radical (unpaired) electrons. The summed E-state index contributed by atoms with van der Waals surface area (Å²) in [6.07, 6.45) is 6.52. The number of hydrogen-bond acceptors (Lipinski definition) is 3. The van der Waals surface area contributed by atoms with Gasteiger partial charge in [0.15, 0.2) is 11.5 Å². The number of Topliss-reactive ketones (excluding diaryl/α,β-unsaturated/α-hetero) is 1. The molecule has 1 unspecified atom stereocenters. The summed E-state index contributed by atoms with van der Waals surface area (Å²) in [5.74, 6) is 1.66. The second kappa shape index (κ2) is 5.36. The van der Waals surface area contributed by atoms with E-state index in [4.69, 9.17) is 4.74 Å². The second-order valence-corrected chi connectivity index (χ2v) is 6.52. The van der Waals surface area contributed by atoms with E-state index in [9.17, 15) is 9.90 Å². The Labute approximate surface area is 126 Å². The first-order valence-electron chi connectivity index (χ1n) is 8.03. The summed E-state index contributed by atoms with van der Waals surface area (Å²) in [4.78, 5) is 12.2. The zero-order chi connectivity index (χ0) is 15.0. The molecule has 2 aliphatic rings. The van der Waals surface area contributed by atoms with Crippen molar-refractivity contribution < 1.29 is 14.6 Å². The number of benzene rings is 1. The van der Waals surface area contributed by atoms with Crippen LogP contribution in [0.4, 0.5) is 0 Å². The highest BCUT2D eigenvalue weighted by Crippen LogP contribution is 2.55. The maximum atomic E-state index is 12.2. The summed E-state index contributed by atoms with van der Waals surface area (Å²) < 4.78 is 5.54. The number of carbonyl (C=O) groups is 1. The number of methoxy groups -OCH3 is 1. The highest BCUT2D eigenvalue weighted by atomic mass is 16.5. The molecule has 1 saturated carbocycles. The number of fused-ring (bicyclic) bond motifs is 2. The number of phenolic OH excluding ortho intramolecular Hbond substituents is 1. The van der Waals surface area contributed by atoms with Gasteiger partial charge in [-0.1, -0.05) is 19.4 Å². The van der Waals surface area contributed by atoms with Gasteiger partial charge in [0.05, 0.1) is 7.11 Å². The molecule has 1 N–H and O–H groups in total. The maximum Gasteiger partial charge on any atom is 0.164 e. The number of carbonyl (C=O) groups excluding carboxylic acids is 1. The topological polar surface area (TPSA) is 46.5 Å². The predicted octanol–water partition coefficient (Wildman–Crippen LogP) is 3.75. The molecule has 1 aromatic carbocycles. The van der Waals surface area contributed by atoms with Gasteiger partial charge in [0.2, 0.25) is 0 Å². The monoisotopic (exact) mass is 288 g/mol. The van der Waals surface area contributed by atoms with Crippen LogP contribution < -0.4 is 4.74 Å². The minimum Gasteiger partial charge on any atom is -0.504 e. The van der Waals surface area contributed by atoms with Crippen LogP contribution in [-0.2, 0) is 16.6 Å². The highest BCUT2D eigenvalue weighted by molar-refractivity contribution is 5.82. The van der Waals surface area contributed by atoms with Gasteiger partial charge >= 0.3 is 0 Å². The summed E-state index contributed by atoms with van der Waals surface area (Å²) in [7, 11) is 1.61. The average molecular weight is 288 g/mol. The van der Waals surface area contributed by atoms with Crippen molar-refractivity contribution >= 4 is 5.78 Å². The number of aromatic hydroxyl groups is 1. The SMILES string of the molecule is CCC1CCC(=O)C[C@@]12CCCc1ccc(O)c(OC)c12. The van der Waals surface area contributed by atoms with Crippen molar-refractivity contribution in [3.8, 4) is 11.5 Å². The Kier molecular flexibility index (Phi) is 3.68. The molecule has 0 bridgehead atoms. The van der Waals surface area contributed by atoms with Gasteiger partial charge in [-0.3, -0.25) is 4.79 Å². The van der Waals surface area contributed by atoms with Gasteiger partial charge in [-0.2, -0.15) is 0 Å². The maximum absolute atomic E-state index is 12.2. The zero-order valence-corrected chi connectivity index (χ0v) is 12.9. The van der Waals surface area contributed by atoms with Crippen molar-refractivity contribution in [2.24, 2.45) is 5.92 Å². The Balaban J connectivity index is 2.22. The van der Waals surface area contributed by atoms with E-state index in [1.54, 1.807) is 13.2 Å². The molecule has 114 valence electrons. The highest BCUT2D eigenvalue weighted by Gasteiger charge is 2.48. The number of hydrogen-bond donors (Lipinski definition) is 1. The van der Waals surface area contributed by atoms with E-state index in [1.807, 2.05) is 6.07 Å². The summed E-state index contributed by atoms with van der Waals surface area (Å²) in [5.41, 5.74) is 2.25. The van der Waals surface area contributed by atoms with Crippen LogP contribution in [0.5, 0.6) is 11.5 Å². The van der Waals surface area contributed by atoms with Crippen molar-refractivity contribution in [1.82, 2.24) is 0 Å². The molecule has 0 heterocycles. The van der Waals surface area contributed by atoms with Crippen molar-refractivity contribution in [2.45, 2.75) is 57.3 Å². The smallest absolute Gasteiger partial charge is 0.164 e. The van der Waals surface area contributed by atoms with E-state index < -0.39 is 0 Å². The van der Waals surface area contributed by atoms with Crippen LogP contribution in [0.2, 0.25) is 0 Å². The van der Waals surface area contributed by atoms with Gasteiger partial charge in [-0.05, 0) is 43.2 Å². The molecule has 3 rings (SSSR count). The molecule has 1 spiro atoms. The molecular weight excluding hydrogens is 264 g/mol. The number of ketones is 1. The fourth-order valence-electron chi connectivity index (χ4n) is 4.67. The molecule has 0 saturated heterocycles. The lowest BCUT2D eigenvalue weighted by molar-refractivity contribution is -0.124. The summed E-state index contributed by atoms with van der Waals surface area (Å²) in [6, 6.07) is 3.74. The van der Waals surface area contributed by atoms with Gasteiger partial charge in [0.1, 0.15) is 5.78 Å². The molecule has 1 fully saturated rings. The van der Waals surface area contributed by atoms with E-state index in [2.05, 4.69) is 6.92 Å². The molecule has 0 aliphatic heterocycles. The van der Waals surface area contributed by atoms with Crippen molar-refractivity contribution in [2.75, 3.05) is 7.11 Å². The normalized spacial score (nSPS) is 28.5. The molecule has 21 heavy (non-hydrogen) atoms.